The minimum atomic E-state index is -5.08. The summed E-state index contributed by atoms with van der Waals surface area (Å²) in [5, 5.41) is 11.4. The maximum Gasteiger partial charge on any atom is 0.490 e. The van der Waals surface area contributed by atoms with Gasteiger partial charge in [-0.1, -0.05) is 24.3 Å². The van der Waals surface area contributed by atoms with Gasteiger partial charge in [0.1, 0.15) is 5.82 Å². The second kappa shape index (κ2) is 10.0. The van der Waals surface area contributed by atoms with Crippen LogP contribution in [0.3, 0.4) is 0 Å². The molecule has 5 rings (SSSR count). The SMILES string of the molecule is CN1[C@@H]2COC[C@H]1C[C@@H](NC(=O)c1cn(-c3ccccn3)c3ccccc13)C2.O=C(O)C(F)(F)F. The van der Waals surface area contributed by atoms with E-state index in [2.05, 4.69) is 22.2 Å². The molecule has 3 aromatic rings. The predicted octanol–water partition coefficient (Wildman–Crippen LogP) is 3.25. The van der Waals surface area contributed by atoms with Crippen LogP contribution in [-0.4, -0.2) is 76.0 Å². The lowest BCUT2D eigenvalue weighted by Gasteiger charge is -2.46. The number of carboxylic acids is 1. The highest BCUT2D eigenvalue weighted by atomic mass is 19.4. The number of nitrogens with zero attached hydrogens (tertiary/aromatic N) is 3. The summed E-state index contributed by atoms with van der Waals surface area (Å²) >= 11 is 0. The molecule has 35 heavy (non-hydrogen) atoms. The number of alkyl halides is 3. The first-order valence-corrected chi connectivity index (χ1v) is 11.1. The van der Waals surface area contributed by atoms with E-state index in [9.17, 15) is 18.0 Å². The molecule has 2 fully saturated rings. The van der Waals surface area contributed by atoms with E-state index in [1.165, 1.54) is 0 Å². The van der Waals surface area contributed by atoms with Crippen molar-refractivity contribution in [3.8, 4) is 5.82 Å². The van der Waals surface area contributed by atoms with E-state index in [4.69, 9.17) is 14.6 Å². The van der Waals surface area contributed by atoms with E-state index >= 15 is 0 Å². The number of aliphatic carboxylic acids is 1. The fraction of sp³-hybridized carbons (Fsp3) is 0.375. The zero-order valence-corrected chi connectivity index (χ0v) is 18.9. The number of amides is 1. The maximum atomic E-state index is 13.2. The minimum Gasteiger partial charge on any atom is -0.475 e. The van der Waals surface area contributed by atoms with Crippen molar-refractivity contribution in [3.05, 3.63) is 60.4 Å². The predicted molar refractivity (Wildman–Crippen MR) is 121 cm³/mol. The summed E-state index contributed by atoms with van der Waals surface area (Å²) in [6.45, 7) is 1.50. The van der Waals surface area contributed by atoms with Crippen LogP contribution >= 0.6 is 0 Å². The average molecular weight is 490 g/mol. The normalized spacial score (nSPS) is 22.2. The summed E-state index contributed by atoms with van der Waals surface area (Å²) in [6.07, 6.45) is 0.444. The van der Waals surface area contributed by atoms with Crippen molar-refractivity contribution in [1.82, 2.24) is 19.8 Å². The lowest BCUT2D eigenvalue weighted by Crippen LogP contribution is -2.59. The minimum absolute atomic E-state index is 0.0144. The number of halogens is 3. The summed E-state index contributed by atoms with van der Waals surface area (Å²) in [5.74, 6) is -1.96. The number of rotatable bonds is 3. The van der Waals surface area contributed by atoms with Crippen LogP contribution in [0.1, 0.15) is 23.2 Å². The van der Waals surface area contributed by atoms with Crippen LogP contribution in [0, 0.1) is 0 Å². The van der Waals surface area contributed by atoms with Gasteiger partial charge in [0.2, 0.25) is 0 Å². The van der Waals surface area contributed by atoms with Gasteiger partial charge in [-0.05, 0) is 38.1 Å². The van der Waals surface area contributed by atoms with Gasteiger partial charge in [0.15, 0.2) is 0 Å². The van der Waals surface area contributed by atoms with Crippen molar-refractivity contribution >= 4 is 22.8 Å². The average Bonchev–Trinajstić information content (AvgIpc) is 3.20. The molecular weight excluding hydrogens is 465 g/mol. The molecule has 1 aromatic carbocycles. The second-order valence-corrected chi connectivity index (χ2v) is 8.57. The zero-order chi connectivity index (χ0) is 25.2. The van der Waals surface area contributed by atoms with Crippen LogP contribution in [0.5, 0.6) is 0 Å². The zero-order valence-electron chi connectivity index (χ0n) is 18.9. The van der Waals surface area contributed by atoms with Gasteiger partial charge >= 0.3 is 12.1 Å². The van der Waals surface area contributed by atoms with Crippen LogP contribution in [0.4, 0.5) is 13.2 Å². The Labute approximate surface area is 199 Å². The number of morpholine rings is 1. The first-order chi connectivity index (χ1) is 16.6. The monoisotopic (exact) mass is 490 g/mol. The molecule has 3 atom stereocenters. The molecule has 11 heteroatoms. The summed E-state index contributed by atoms with van der Waals surface area (Å²) in [7, 11) is 2.16. The van der Waals surface area contributed by atoms with Gasteiger partial charge in [-0.2, -0.15) is 13.2 Å². The number of aromatic nitrogens is 2. The molecule has 2 saturated heterocycles. The number of benzene rings is 1. The van der Waals surface area contributed by atoms with Gasteiger partial charge in [-0.3, -0.25) is 9.69 Å². The molecule has 0 aliphatic carbocycles. The Morgan fingerprint density at radius 2 is 1.71 bits per heavy atom. The summed E-state index contributed by atoms with van der Waals surface area (Å²) in [4.78, 5) is 28.9. The van der Waals surface area contributed by atoms with E-state index in [0.29, 0.717) is 17.6 Å². The second-order valence-electron chi connectivity index (χ2n) is 8.57. The maximum absolute atomic E-state index is 13.2. The molecule has 186 valence electrons. The quantitative estimate of drug-likeness (QED) is 0.585. The third-order valence-electron chi connectivity index (χ3n) is 6.32. The van der Waals surface area contributed by atoms with E-state index in [1.807, 2.05) is 53.2 Å². The van der Waals surface area contributed by atoms with Crippen molar-refractivity contribution in [2.45, 2.75) is 37.1 Å². The van der Waals surface area contributed by atoms with Crippen molar-refractivity contribution in [1.29, 1.82) is 0 Å². The first kappa shape index (κ1) is 24.7. The van der Waals surface area contributed by atoms with Gasteiger partial charge in [-0.25, -0.2) is 9.78 Å². The number of fused-ring (bicyclic) bond motifs is 3. The smallest absolute Gasteiger partial charge is 0.475 e. The van der Waals surface area contributed by atoms with Gasteiger partial charge in [-0.15, -0.1) is 0 Å². The summed E-state index contributed by atoms with van der Waals surface area (Å²) in [6, 6.07) is 14.7. The van der Waals surface area contributed by atoms with Gasteiger partial charge in [0.25, 0.3) is 5.91 Å². The number of hydrogen-bond acceptors (Lipinski definition) is 5. The first-order valence-electron chi connectivity index (χ1n) is 11.1. The number of likely N-dealkylation sites (N-methyl/N-ethyl adjacent to an activating group) is 1. The number of carbonyl (C=O) groups is 2. The standard InChI is InChI=1S/C22H24N4O2.C2HF3O2/c1-25-16-10-15(11-17(25)14-28-13-16)24-22(27)19-12-26(21-8-4-5-9-23-21)20-7-3-2-6-18(19)20;3-2(4,5)1(6)7/h2-9,12,15-17H,10-11,13-14H2,1H3,(H,24,27);(H,6,7)/t15-,16-,17+;. The molecule has 2 bridgehead atoms. The number of pyridine rings is 1. The van der Waals surface area contributed by atoms with E-state index < -0.39 is 12.1 Å². The van der Waals surface area contributed by atoms with Crippen molar-refractivity contribution in [2.24, 2.45) is 0 Å². The molecule has 0 saturated carbocycles. The largest absolute Gasteiger partial charge is 0.490 e. The van der Waals surface area contributed by atoms with Crippen LogP contribution < -0.4 is 5.32 Å². The van der Waals surface area contributed by atoms with E-state index in [0.717, 1.165) is 42.8 Å². The van der Waals surface area contributed by atoms with Crippen LogP contribution in [0.25, 0.3) is 16.7 Å². The molecule has 0 spiro atoms. The molecule has 2 aromatic heterocycles. The van der Waals surface area contributed by atoms with E-state index in [-0.39, 0.29) is 11.9 Å². The van der Waals surface area contributed by atoms with E-state index in [1.54, 1.807) is 6.20 Å². The van der Waals surface area contributed by atoms with Gasteiger partial charge in [0.05, 0.1) is 24.3 Å². The Hall–Kier alpha value is -3.44. The van der Waals surface area contributed by atoms with Crippen LogP contribution in [-0.2, 0) is 9.53 Å². The highest BCUT2D eigenvalue weighted by Crippen LogP contribution is 2.28. The molecule has 0 unspecified atom stereocenters. The highest BCUT2D eigenvalue weighted by molar-refractivity contribution is 6.07. The molecular formula is C24H25F3N4O4. The van der Waals surface area contributed by atoms with Gasteiger partial charge < -0.3 is 19.7 Å². The molecule has 0 radical (unpaired) electrons. The number of carbonyl (C=O) groups excluding carboxylic acids is 1. The Balaban J connectivity index is 0.000000364. The summed E-state index contributed by atoms with van der Waals surface area (Å²) in [5.41, 5.74) is 1.68. The molecule has 2 aliphatic rings. The third-order valence-corrected chi connectivity index (χ3v) is 6.32. The Morgan fingerprint density at radius 1 is 1.09 bits per heavy atom. The van der Waals surface area contributed by atoms with Crippen molar-refractivity contribution < 1.29 is 32.6 Å². The van der Waals surface area contributed by atoms with Crippen LogP contribution in [0.15, 0.2) is 54.9 Å². The topological polar surface area (TPSA) is 96.7 Å². The fourth-order valence-corrected chi connectivity index (χ4v) is 4.52. The number of piperidine rings is 1. The Bertz CT molecular complexity index is 1180. The Morgan fingerprint density at radius 3 is 2.31 bits per heavy atom. The van der Waals surface area contributed by atoms with Crippen molar-refractivity contribution in [3.63, 3.8) is 0 Å². The molecule has 2 aliphatic heterocycles. The Kier molecular flexibility index (Phi) is 7.08. The summed E-state index contributed by atoms with van der Waals surface area (Å²) < 4.78 is 39.4. The molecule has 2 N–H and O–H groups in total. The molecule has 8 nitrogen and oxygen atoms in total. The number of hydrogen-bond donors (Lipinski definition) is 2. The van der Waals surface area contributed by atoms with Crippen LogP contribution in [0.2, 0.25) is 0 Å². The fourth-order valence-electron chi connectivity index (χ4n) is 4.52. The highest BCUT2D eigenvalue weighted by Gasteiger charge is 2.38. The lowest BCUT2D eigenvalue weighted by molar-refractivity contribution is -0.192. The molecule has 1 amide bonds. The number of nitrogens with one attached hydrogen (secondary N) is 1. The van der Waals surface area contributed by atoms with Gasteiger partial charge in [0, 0.05) is 35.9 Å². The number of carboxylic acid groups (broad SMARTS) is 1. The number of para-hydroxylation sites is 1. The number of ether oxygens (including phenoxy) is 1. The lowest BCUT2D eigenvalue weighted by atomic mass is 9.90. The molecule has 4 heterocycles. The van der Waals surface area contributed by atoms with Crippen molar-refractivity contribution in [2.75, 3.05) is 20.3 Å². The third kappa shape index (κ3) is 5.46.